The zero-order chi connectivity index (χ0) is 14.5. The van der Waals surface area contributed by atoms with Crippen LogP contribution in [0.5, 0.6) is 0 Å². The van der Waals surface area contributed by atoms with Crippen LogP contribution in [0.25, 0.3) is 0 Å². The van der Waals surface area contributed by atoms with Crippen LogP contribution in [0, 0.1) is 0 Å². The summed E-state index contributed by atoms with van der Waals surface area (Å²) in [6.07, 6.45) is 0. The van der Waals surface area contributed by atoms with E-state index in [0.29, 0.717) is 11.6 Å². The van der Waals surface area contributed by atoms with E-state index in [2.05, 4.69) is 10.6 Å². The van der Waals surface area contributed by atoms with Crippen molar-refractivity contribution in [3.8, 4) is 0 Å². The third-order valence-corrected chi connectivity index (χ3v) is 3.46. The van der Waals surface area contributed by atoms with Crippen LogP contribution >= 0.6 is 22.9 Å². The molecule has 0 unspecified atom stereocenters. The van der Waals surface area contributed by atoms with Gasteiger partial charge in [-0.2, -0.15) is 11.3 Å². The first-order valence-corrected chi connectivity index (χ1v) is 6.97. The number of carbonyl (C=O) groups excluding carboxylic acids is 1. The van der Waals surface area contributed by atoms with E-state index in [9.17, 15) is 9.59 Å². The Kier molecular flexibility index (Phi) is 4.60. The van der Waals surface area contributed by atoms with E-state index in [1.807, 2.05) is 16.8 Å². The van der Waals surface area contributed by atoms with Crippen LogP contribution in [-0.2, 0) is 6.54 Å². The van der Waals surface area contributed by atoms with Crippen molar-refractivity contribution in [3.05, 3.63) is 51.2 Å². The highest BCUT2D eigenvalue weighted by molar-refractivity contribution is 7.07. The summed E-state index contributed by atoms with van der Waals surface area (Å²) in [5.74, 6) is -1.13. The van der Waals surface area contributed by atoms with E-state index in [-0.39, 0.29) is 11.3 Å². The number of halogens is 1. The number of anilines is 1. The molecule has 0 spiro atoms. The molecule has 7 heteroatoms. The highest BCUT2D eigenvalue weighted by Gasteiger charge is 2.12. The minimum absolute atomic E-state index is 0.0138. The normalized spacial score (nSPS) is 10.1. The maximum absolute atomic E-state index is 11.7. The van der Waals surface area contributed by atoms with Crippen molar-refractivity contribution in [3.63, 3.8) is 0 Å². The second kappa shape index (κ2) is 6.40. The molecule has 0 saturated carbocycles. The number of thiophene rings is 1. The molecule has 0 bridgehead atoms. The molecule has 104 valence electrons. The molecule has 2 amide bonds. The second-order valence-electron chi connectivity index (χ2n) is 3.93. The molecule has 2 rings (SSSR count). The van der Waals surface area contributed by atoms with Crippen LogP contribution in [0.2, 0.25) is 5.02 Å². The highest BCUT2D eigenvalue weighted by atomic mass is 35.5. The average Bonchev–Trinajstić information content (AvgIpc) is 2.89. The van der Waals surface area contributed by atoms with E-state index in [0.717, 1.165) is 5.56 Å². The summed E-state index contributed by atoms with van der Waals surface area (Å²) in [6, 6.07) is 5.61. The van der Waals surface area contributed by atoms with E-state index in [4.69, 9.17) is 16.7 Å². The lowest BCUT2D eigenvalue weighted by atomic mass is 10.2. The van der Waals surface area contributed by atoms with E-state index < -0.39 is 12.0 Å². The van der Waals surface area contributed by atoms with Crippen molar-refractivity contribution in [2.24, 2.45) is 0 Å². The van der Waals surface area contributed by atoms with Crippen molar-refractivity contribution < 1.29 is 14.7 Å². The highest BCUT2D eigenvalue weighted by Crippen LogP contribution is 2.21. The summed E-state index contributed by atoms with van der Waals surface area (Å²) in [7, 11) is 0. The summed E-state index contributed by atoms with van der Waals surface area (Å²) < 4.78 is 0. The molecule has 1 heterocycles. The molecule has 3 N–H and O–H groups in total. The monoisotopic (exact) mass is 310 g/mol. The smallest absolute Gasteiger partial charge is 0.337 e. The van der Waals surface area contributed by atoms with Gasteiger partial charge in [-0.05, 0) is 40.6 Å². The topological polar surface area (TPSA) is 78.4 Å². The number of carbonyl (C=O) groups is 2. The van der Waals surface area contributed by atoms with Gasteiger partial charge in [0.15, 0.2) is 0 Å². The molecule has 0 atom stereocenters. The Hall–Kier alpha value is -2.05. The number of nitrogens with one attached hydrogen (secondary N) is 2. The predicted molar refractivity (Wildman–Crippen MR) is 78.6 cm³/mol. The number of hydrogen-bond acceptors (Lipinski definition) is 3. The molecule has 20 heavy (non-hydrogen) atoms. The van der Waals surface area contributed by atoms with Crippen LogP contribution in [0.4, 0.5) is 10.5 Å². The molecule has 0 saturated heterocycles. The molecule has 0 aliphatic carbocycles. The van der Waals surface area contributed by atoms with Gasteiger partial charge in [-0.25, -0.2) is 9.59 Å². The first kappa shape index (κ1) is 14.4. The minimum Gasteiger partial charge on any atom is -0.478 e. The molecule has 1 aromatic carbocycles. The third kappa shape index (κ3) is 3.72. The molecule has 0 aliphatic heterocycles. The van der Waals surface area contributed by atoms with Crippen LogP contribution in [-0.4, -0.2) is 17.1 Å². The SMILES string of the molecule is O=C(NCc1ccsc1)Nc1cc(Cl)ccc1C(=O)O. The Morgan fingerprint density at radius 1 is 1.30 bits per heavy atom. The fraction of sp³-hybridized carbons (Fsp3) is 0.0769. The van der Waals surface area contributed by atoms with Gasteiger partial charge in [0.2, 0.25) is 0 Å². The number of aromatic carboxylic acids is 1. The van der Waals surface area contributed by atoms with Gasteiger partial charge in [0, 0.05) is 11.6 Å². The number of urea groups is 1. The van der Waals surface area contributed by atoms with E-state index in [1.54, 1.807) is 0 Å². The molecule has 5 nitrogen and oxygen atoms in total. The molecular weight excluding hydrogens is 300 g/mol. The van der Waals surface area contributed by atoms with E-state index >= 15 is 0 Å². The number of rotatable bonds is 4. The maximum atomic E-state index is 11.7. The minimum atomic E-state index is -1.13. The zero-order valence-electron chi connectivity index (χ0n) is 10.2. The summed E-state index contributed by atoms with van der Waals surface area (Å²) in [5.41, 5.74) is 1.13. The van der Waals surface area contributed by atoms with Gasteiger partial charge >= 0.3 is 12.0 Å². The first-order chi connectivity index (χ1) is 9.56. The summed E-state index contributed by atoms with van der Waals surface area (Å²) >= 11 is 7.34. The molecule has 0 aliphatic rings. The van der Waals surface area contributed by atoms with Crippen molar-refractivity contribution in [1.29, 1.82) is 0 Å². The largest absolute Gasteiger partial charge is 0.478 e. The number of amides is 2. The van der Waals surface area contributed by atoms with Crippen molar-refractivity contribution in [1.82, 2.24) is 5.32 Å². The summed E-state index contributed by atoms with van der Waals surface area (Å²) in [6.45, 7) is 0.373. The quantitative estimate of drug-likeness (QED) is 0.809. The standard InChI is InChI=1S/C13H11ClN2O3S/c14-9-1-2-10(12(17)18)11(5-9)16-13(19)15-6-8-3-4-20-7-8/h1-5,7H,6H2,(H,17,18)(H2,15,16,19). The van der Waals surface area contributed by atoms with Gasteiger partial charge in [-0.1, -0.05) is 11.6 Å². The molecule has 0 fully saturated rings. The Labute approximate surface area is 124 Å². The Morgan fingerprint density at radius 2 is 2.10 bits per heavy atom. The van der Waals surface area contributed by atoms with Gasteiger partial charge in [-0.15, -0.1) is 0 Å². The number of carboxylic acids is 1. The Morgan fingerprint density at radius 3 is 2.75 bits per heavy atom. The molecule has 0 radical (unpaired) electrons. The summed E-state index contributed by atoms with van der Waals surface area (Å²) in [4.78, 5) is 22.8. The van der Waals surface area contributed by atoms with Crippen LogP contribution in [0.1, 0.15) is 15.9 Å². The van der Waals surface area contributed by atoms with Gasteiger partial charge in [0.1, 0.15) is 0 Å². The zero-order valence-corrected chi connectivity index (χ0v) is 11.8. The van der Waals surface area contributed by atoms with Crippen LogP contribution < -0.4 is 10.6 Å². The van der Waals surface area contributed by atoms with Crippen LogP contribution in [0.3, 0.4) is 0 Å². The van der Waals surface area contributed by atoms with Crippen LogP contribution in [0.15, 0.2) is 35.0 Å². The van der Waals surface area contributed by atoms with Gasteiger partial charge in [-0.3, -0.25) is 0 Å². The fourth-order valence-electron chi connectivity index (χ4n) is 1.55. The second-order valence-corrected chi connectivity index (χ2v) is 5.15. The van der Waals surface area contributed by atoms with Crippen molar-refractivity contribution >= 4 is 40.6 Å². The average molecular weight is 311 g/mol. The third-order valence-electron chi connectivity index (χ3n) is 2.49. The first-order valence-electron chi connectivity index (χ1n) is 5.65. The van der Waals surface area contributed by atoms with Gasteiger partial charge < -0.3 is 15.7 Å². The number of carboxylic acid groups (broad SMARTS) is 1. The van der Waals surface area contributed by atoms with Crippen molar-refractivity contribution in [2.45, 2.75) is 6.54 Å². The maximum Gasteiger partial charge on any atom is 0.337 e. The lowest BCUT2D eigenvalue weighted by Gasteiger charge is -2.10. The molecule has 1 aromatic heterocycles. The Bertz CT molecular complexity index is 629. The summed E-state index contributed by atoms with van der Waals surface area (Å²) in [5, 5.41) is 18.3. The van der Waals surface area contributed by atoms with Crippen molar-refractivity contribution in [2.75, 3.05) is 5.32 Å². The molecular formula is C13H11ClN2O3S. The lowest BCUT2D eigenvalue weighted by molar-refractivity contribution is 0.0698. The van der Waals surface area contributed by atoms with Gasteiger partial charge in [0.25, 0.3) is 0 Å². The molecule has 2 aromatic rings. The fourth-order valence-corrected chi connectivity index (χ4v) is 2.39. The number of benzene rings is 1. The lowest BCUT2D eigenvalue weighted by Crippen LogP contribution is -2.28. The number of hydrogen-bond donors (Lipinski definition) is 3. The predicted octanol–water partition coefficient (Wildman–Crippen LogP) is 3.42. The van der Waals surface area contributed by atoms with E-state index in [1.165, 1.54) is 29.5 Å². The Balaban J connectivity index is 2.03. The van der Waals surface area contributed by atoms with Gasteiger partial charge in [0.05, 0.1) is 11.3 Å².